The fourth-order valence-corrected chi connectivity index (χ4v) is 6.60. The van der Waals surface area contributed by atoms with E-state index in [2.05, 4.69) is 58.1 Å². The van der Waals surface area contributed by atoms with E-state index in [1.54, 1.807) is 17.2 Å². The smallest absolute Gasteiger partial charge is 0.227 e. The highest BCUT2D eigenvalue weighted by molar-refractivity contribution is 7.90. The molecular formula is C27H35FN6O3S. The fourth-order valence-electron chi connectivity index (χ4n) is 5.44. The van der Waals surface area contributed by atoms with Crippen molar-refractivity contribution in [2.75, 3.05) is 46.8 Å². The van der Waals surface area contributed by atoms with Crippen LogP contribution < -0.4 is 15.1 Å². The molecule has 1 aromatic carbocycles. The van der Waals surface area contributed by atoms with Gasteiger partial charge in [0.2, 0.25) is 5.95 Å². The van der Waals surface area contributed by atoms with Crippen LogP contribution in [0.5, 0.6) is 0 Å². The maximum absolute atomic E-state index is 13.7. The molecule has 0 spiro atoms. The second-order valence-corrected chi connectivity index (χ2v) is 13.1. The first-order chi connectivity index (χ1) is 18.0. The highest BCUT2D eigenvalue weighted by atomic mass is 32.2. The van der Waals surface area contributed by atoms with E-state index in [9.17, 15) is 17.9 Å². The van der Waals surface area contributed by atoms with Crippen LogP contribution in [0.3, 0.4) is 0 Å². The van der Waals surface area contributed by atoms with Crippen LogP contribution in [0, 0.1) is 5.92 Å². The molecule has 4 atom stereocenters. The molecule has 2 aromatic heterocycles. The van der Waals surface area contributed by atoms with Gasteiger partial charge in [-0.05, 0) is 48.4 Å². The highest BCUT2D eigenvalue weighted by Crippen LogP contribution is 2.39. The molecule has 0 aliphatic carbocycles. The van der Waals surface area contributed by atoms with E-state index in [-0.39, 0.29) is 30.7 Å². The zero-order chi connectivity index (χ0) is 27.2. The molecule has 2 fully saturated rings. The van der Waals surface area contributed by atoms with Crippen molar-refractivity contribution >= 4 is 43.9 Å². The number of pyridine rings is 1. The zero-order valence-electron chi connectivity index (χ0n) is 22.2. The van der Waals surface area contributed by atoms with Gasteiger partial charge in [-0.1, -0.05) is 19.9 Å². The van der Waals surface area contributed by atoms with Crippen molar-refractivity contribution in [3.05, 3.63) is 42.2 Å². The monoisotopic (exact) mass is 542 g/mol. The number of halogens is 1. The molecule has 11 heteroatoms. The summed E-state index contributed by atoms with van der Waals surface area (Å²) >= 11 is 0. The Hall–Kier alpha value is -3.05. The Morgan fingerprint density at radius 3 is 2.63 bits per heavy atom. The Balaban J connectivity index is 1.41. The SMILES string of the molecule is CC(C)c1ccc(N2C[C@H](CS(C)(=O)=O)[C@H]2C)c2cnc(Nc3ccnc(N4CC[C@@H](F)[C@@H](O)C4)n3)cc12. The van der Waals surface area contributed by atoms with E-state index in [1.807, 2.05) is 12.3 Å². The number of piperidine rings is 1. The van der Waals surface area contributed by atoms with Gasteiger partial charge < -0.3 is 20.2 Å². The Morgan fingerprint density at radius 2 is 1.95 bits per heavy atom. The number of alkyl halides is 1. The molecule has 2 aliphatic rings. The van der Waals surface area contributed by atoms with Crippen LogP contribution in [0.4, 0.5) is 27.7 Å². The Morgan fingerprint density at radius 1 is 1.16 bits per heavy atom. The van der Waals surface area contributed by atoms with Gasteiger partial charge in [0.1, 0.15) is 33.7 Å². The molecule has 0 radical (unpaired) electrons. The Labute approximate surface area is 223 Å². The van der Waals surface area contributed by atoms with Gasteiger partial charge in [-0.3, -0.25) is 0 Å². The van der Waals surface area contributed by atoms with Crippen LogP contribution in [0.2, 0.25) is 0 Å². The van der Waals surface area contributed by atoms with Gasteiger partial charge in [0, 0.05) is 61.3 Å². The first-order valence-corrected chi connectivity index (χ1v) is 15.1. The predicted octanol–water partition coefficient (Wildman–Crippen LogP) is 3.67. The quantitative estimate of drug-likeness (QED) is 0.462. The number of hydrogen-bond donors (Lipinski definition) is 2. The number of aliphatic hydroxyl groups is 1. The van der Waals surface area contributed by atoms with Gasteiger partial charge in [0.05, 0.1) is 5.75 Å². The molecule has 2 saturated heterocycles. The third kappa shape index (κ3) is 5.40. The molecule has 9 nitrogen and oxygen atoms in total. The summed E-state index contributed by atoms with van der Waals surface area (Å²) in [6.07, 6.45) is 2.75. The lowest BCUT2D eigenvalue weighted by molar-refractivity contribution is 0.0640. The van der Waals surface area contributed by atoms with Gasteiger partial charge in [-0.2, -0.15) is 4.98 Å². The summed E-state index contributed by atoms with van der Waals surface area (Å²) in [6.45, 7) is 7.68. The lowest BCUT2D eigenvalue weighted by Gasteiger charge is -2.48. The van der Waals surface area contributed by atoms with E-state index in [0.717, 1.165) is 16.5 Å². The summed E-state index contributed by atoms with van der Waals surface area (Å²) in [7, 11) is -3.02. The number of sulfone groups is 1. The number of nitrogens with zero attached hydrogens (tertiary/aromatic N) is 5. The third-order valence-electron chi connectivity index (χ3n) is 7.65. The van der Waals surface area contributed by atoms with Crippen molar-refractivity contribution in [2.45, 2.75) is 51.4 Å². The maximum Gasteiger partial charge on any atom is 0.227 e. The molecule has 2 N–H and O–H groups in total. The second-order valence-electron chi connectivity index (χ2n) is 10.9. The van der Waals surface area contributed by atoms with Crippen LogP contribution in [0.1, 0.15) is 38.7 Å². The molecule has 5 rings (SSSR count). The number of rotatable bonds is 7. The van der Waals surface area contributed by atoms with Crippen LogP contribution >= 0.6 is 0 Å². The van der Waals surface area contributed by atoms with E-state index in [0.29, 0.717) is 36.6 Å². The molecule has 0 saturated carbocycles. The largest absolute Gasteiger partial charge is 0.388 e. The van der Waals surface area contributed by atoms with Crippen LogP contribution in [-0.4, -0.2) is 78.4 Å². The Kier molecular flexibility index (Phi) is 7.17. The molecule has 38 heavy (non-hydrogen) atoms. The molecule has 2 aliphatic heterocycles. The predicted molar refractivity (Wildman–Crippen MR) is 149 cm³/mol. The minimum atomic E-state index is -3.02. The molecular weight excluding hydrogens is 507 g/mol. The van der Waals surface area contributed by atoms with E-state index in [4.69, 9.17) is 0 Å². The van der Waals surface area contributed by atoms with E-state index >= 15 is 0 Å². The third-order valence-corrected chi connectivity index (χ3v) is 8.68. The average Bonchev–Trinajstić information content (AvgIpc) is 2.86. The van der Waals surface area contributed by atoms with Gasteiger partial charge >= 0.3 is 0 Å². The van der Waals surface area contributed by atoms with E-state index in [1.165, 1.54) is 11.8 Å². The van der Waals surface area contributed by atoms with Crippen molar-refractivity contribution in [1.82, 2.24) is 15.0 Å². The van der Waals surface area contributed by atoms with Crippen LogP contribution in [0.25, 0.3) is 10.8 Å². The molecule has 3 aromatic rings. The average molecular weight is 543 g/mol. The van der Waals surface area contributed by atoms with Crippen LogP contribution in [0.15, 0.2) is 36.7 Å². The normalized spacial score (nSPS) is 24.1. The molecule has 4 heterocycles. The van der Waals surface area contributed by atoms with Gasteiger partial charge in [-0.15, -0.1) is 0 Å². The van der Waals surface area contributed by atoms with Gasteiger partial charge in [0.15, 0.2) is 0 Å². The highest BCUT2D eigenvalue weighted by Gasteiger charge is 2.38. The number of aromatic nitrogens is 3. The standard InChI is InChI=1S/C27H35FN6O3S/c1-16(2)19-5-6-23(34-13-18(17(34)3)15-38(4,36)37)21-12-30-26(11-20(19)21)31-25-7-9-29-27(32-25)33-10-8-22(28)24(35)14-33/h5-7,9,11-12,16-18,22,24,35H,8,10,13-15H2,1-4H3,(H,29,30,31,32)/t17-,18-,22-,24+/m1/s1. The van der Waals surface area contributed by atoms with Gasteiger partial charge in [-0.25, -0.2) is 22.8 Å². The summed E-state index contributed by atoms with van der Waals surface area (Å²) in [5.41, 5.74) is 2.25. The fraction of sp³-hybridized carbons (Fsp3) is 0.519. The topological polar surface area (TPSA) is 112 Å². The lowest BCUT2D eigenvalue weighted by Crippen LogP contribution is -2.57. The van der Waals surface area contributed by atoms with Crippen molar-refractivity contribution in [1.29, 1.82) is 0 Å². The molecule has 0 amide bonds. The van der Waals surface area contributed by atoms with Crippen molar-refractivity contribution in [2.24, 2.45) is 5.92 Å². The van der Waals surface area contributed by atoms with Crippen molar-refractivity contribution in [3.63, 3.8) is 0 Å². The van der Waals surface area contributed by atoms with E-state index < -0.39 is 22.1 Å². The lowest BCUT2D eigenvalue weighted by atomic mass is 9.88. The summed E-state index contributed by atoms with van der Waals surface area (Å²) < 4.78 is 37.3. The first-order valence-electron chi connectivity index (χ1n) is 13.0. The number of anilines is 4. The second kappa shape index (κ2) is 10.3. The summed E-state index contributed by atoms with van der Waals surface area (Å²) in [5.74, 6) is 2.23. The summed E-state index contributed by atoms with van der Waals surface area (Å²) in [5, 5.41) is 15.3. The van der Waals surface area contributed by atoms with Crippen molar-refractivity contribution < 1.29 is 17.9 Å². The van der Waals surface area contributed by atoms with Crippen molar-refractivity contribution in [3.8, 4) is 0 Å². The zero-order valence-corrected chi connectivity index (χ0v) is 23.0. The van der Waals surface area contributed by atoms with Crippen LogP contribution in [-0.2, 0) is 9.84 Å². The summed E-state index contributed by atoms with van der Waals surface area (Å²) in [6, 6.07) is 8.15. The first kappa shape index (κ1) is 26.6. The Bertz CT molecular complexity index is 1440. The molecule has 0 bridgehead atoms. The molecule has 0 unspecified atom stereocenters. The maximum atomic E-state index is 13.7. The number of fused-ring (bicyclic) bond motifs is 1. The number of β-amino-alcohol motifs (C(OH)–C–C–N with tert-alkyl or cyclic N) is 1. The number of nitrogens with one attached hydrogen (secondary N) is 1. The number of aliphatic hydroxyl groups excluding tert-OH is 1. The number of hydrogen-bond acceptors (Lipinski definition) is 9. The van der Waals surface area contributed by atoms with Gasteiger partial charge in [0.25, 0.3) is 0 Å². The minimum absolute atomic E-state index is 0.113. The number of benzene rings is 1. The summed E-state index contributed by atoms with van der Waals surface area (Å²) in [4.78, 5) is 17.6. The minimum Gasteiger partial charge on any atom is -0.388 e. The molecule has 204 valence electrons.